The van der Waals surface area contributed by atoms with Gasteiger partial charge in [-0.15, -0.1) is 0 Å². The van der Waals surface area contributed by atoms with Crippen LogP contribution in [0.3, 0.4) is 0 Å². The molecule has 30 heavy (non-hydrogen) atoms. The van der Waals surface area contributed by atoms with Crippen molar-refractivity contribution in [2.45, 2.75) is 12.8 Å². The lowest BCUT2D eigenvalue weighted by atomic mass is 10.2. The Morgan fingerprint density at radius 2 is 1.73 bits per heavy atom. The van der Waals surface area contributed by atoms with E-state index in [0.717, 1.165) is 24.5 Å². The number of aromatic nitrogens is 2. The van der Waals surface area contributed by atoms with Crippen molar-refractivity contribution in [3.05, 3.63) is 64.7 Å². The first-order valence-electron chi connectivity index (χ1n) is 10.2. The van der Waals surface area contributed by atoms with E-state index in [1.165, 1.54) is 0 Å². The highest BCUT2D eigenvalue weighted by Crippen LogP contribution is 2.20. The summed E-state index contributed by atoms with van der Waals surface area (Å²) in [4.78, 5) is 34.0. The minimum Gasteiger partial charge on any atom is -0.497 e. The molecule has 4 rings (SSSR count). The molecule has 0 saturated carbocycles. The van der Waals surface area contributed by atoms with Gasteiger partial charge in [-0.1, -0.05) is 12.1 Å². The number of methoxy groups -OCH3 is 1. The van der Waals surface area contributed by atoms with Gasteiger partial charge in [0.25, 0.3) is 5.56 Å². The fourth-order valence-electron chi connectivity index (χ4n) is 3.87. The number of piperazine rings is 1. The van der Waals surface area contributed by atoms with Gasteiger partial charge in [0.2, 0.25) is 5.91 Å². The highest BCUT2D eigenvalue weighted by Gasteiger charge is 2.21. The van der Waals surface area contributed by atoms with Crippen molar-refractivity contribution in [3.63, 3.8) is 0 Å². The molecule has 0 aliphatic carbocycles. The SMILES string of the molecule is COc1ccc(N2CCN(C(=O)CCc3nc4ccccc4c(=O)n3C)CC2)cc1. The average molecular weight is 406 g/mol. The van der Waals surface area contributed by atoms with Crippen LogP contribution >= 0.6 is 0 Å². The van der Waals surface area contributed by atoms with Gasteiger partial charge in [0.05, 0.1) is 18.0 Å². The Labute approximate surface area is 175 Å². The minimum atomic E-state index is -0.0730. The first-order chi connectivity index (χ1) is 14.6. The number of rotatable bonds is 5. The Kier molecular flexibility index (Phi) is 5.70. The summed E-state index contributed by atoms with van der Waals surface area (Å²) in [7, 11) is 3.37. The maximum Gasteiger partial charge on any atom is 0.261 e. The van der Waals surface area contributed by atoms with Crippen LogP contribution in [0.15, 0.2) is 53.3 Å². The second-order valence-corrected chi connectivity index (χ2v) is 7.48. The molecule has 0 spiro atoms. The molecule has 0 N–H and O–H groups in total. The van der Waals surface area contributed by atoms with Crippen LogP contribution in [-0.2, 0) is 18.3 Å². The van der Waals surface area contributed by atoms with Crippen LogP contribution in [0.4, 0.5) is 5.69 Å². The molecule has 2 aromatic carbocycles. The molecule has 1 fully saturated rings. The molecule has 1 amide bonds. The van der Waals surface area contributed by atoms with Crippen LogP contribution in [-0.4, -0.2) is 53.6 Å². The van der Waals surface area contributed by atoms with Crippen LogP contribution in [0.5, 0.6) is 5.75 Å². The zero-order valence-electron chi connectivity index (χ0n) is 17.4. The minimum absolute atomic E-state index is 0.0730. The topological polar surface area (TPSA) is 67.7 Å². The van der Waals surface area contributed by atoms with Crippen molar-refractivity contribution < 1.29 is 9.53 Å². The second kappa shape index (κ2) is 8.57. The van der Waals surface area contributed by atoms with Crippen LogP contribution in [0.1, 0.15) is 12.2 Å². The number of benzene rings is 2. The van der Waals surface area contributed by atoms with Crippen molar-refractivity contribution in [3.8, 4) is 5.75 Å². The first-order valence-corrected chi connectivity index (χ1v) is 10.2. The summed E-state index contributed by atoms with van der Waals surface area (Å²) >= 11 is 0. The number of para-hydroxylation sites is 1. The Morgan fingerprint density at radius 1 is 1.03 bits per heavy atom. The summed E-state index contributed by atoms with van der Waals surface area (Å²) in [6.07, 6.45) is 0.801. The monoisotopic (exact) mass is 406 g/mol. The normalized spacial score (nSPS) is 14.2. The Hall–Kier alpha value is -3.35. The average Bonchev–Trinajstić information content (AvgIpc) is 2.80. The smallest absolute Gasteiger partial charge is 0.261 e. The van der Waals surface area contributed by atoms with Crippen LogP contribution in [0.2, 0.25) is 0 Å². The largest absolute Gasteiger partial charge is 0.497 e. The zero-order chi connectivity index (χ0) is 21.1. The fraction of sp³-hybridized carbons (Fsp3) is 0.348. The van der Waals surface area contributed by atoms with Crippen molar-refractivity contribution in [2.75, 3.05) is 38.2 Å². The van der Waals surface area contributed by atoms with Crippen molar-refractivity contribution in [1.82, 2.24) is 14.5 Å². The molecular weight excluding hydrogens is 380 g/mol. The van der Waals surface area contributed by atoms with E-state index in [2.05, 4.69) is 9.88 Å². The van der Waals surface area contributed by atoms with Gasteiger partial charge >= 0.3 is 0 Å². The molecule has 7 nitrogen and oxygen atoms in total. The molecule has 1 aliphatic rings. The molecule has 0 unspecified atom stereocenters. The molecule has 0 radical (unpaired) electrons. The highest BCUT2D eigenvalue weighted by atomic mass is 16.5. The highest BCUT2D eigenvalue weighted by molar-refractivity contribution is 5.78. The van der Waals surface area contributed by atoms with E-state index in [0.29, 0.717) is 42.7 Å². The summed E-state index contributed by atoms with van der Waals surface area (Å²) in [5, 5.41) is 0.602. The third kappa shape index (κ3) is 4.01. The van der Waals surface area contributed by atoms with E-state index in [1.807, 2.05) is 47.4 Å². The van der Waals surface area contributed by atoms with E-state index < -0.39 is 0 Å². The number of hydrogen-bond acceptors (Lipinski definition) is 5. The molecule has 0 bridgehead atoms. The van der Waals surface area contributed by atoms with Gasteiger partial charge in [-0.3, -0.25) is 14.2 Å². The molecule has 1 aliphatic heterocycles. The van der Waals surface area contributed by atoms with E-state index in [4.69, 9.17) is 4.74 Å². The number of fused-ring (bicyclic) bond motifs is 1. The van der Waals surface area contributed by atoms with Gasteiger partial charge in [0.1, 0.15) is 11.6 Å². The van der Waals surface area contributed by atoms with E-state index >= 15 is 0 Å². The lowest BCUT2D eigenvalue weighted by Gasteiger charge is -2.36. The first kappa shape index (κ1) is 19.9. The summed E-state index contributed by atoms with van der Waals surface area (Å²) in [5.74, 6) is 1.58. The van der Waals surface area contributed by atoms with Gasteiger partial charge in [-0.25, -0.2) is 4.98 Å². The van der Waals surface area contributed by atoms with Crippen LogP contribution in [0, 0.1) is 0 Å². The standard InChI is InChI=1S/C23H26N4O3/c1-25-21(24-20-6-4-3-5-19(20)23(25)29)11-12-22(28)27-15-13-26(14-16-27)17-7-9-18(30-2)10-8-17/h3-10H,11-16H2,1-2H3. The Morgan fingerprint density at radius 3 is 2.43 bits per heavy atom. The molecule has 7 heteroatoms. The summed E-state index contributed by atoms with van der Waals surface area (Å²) in [6, 6.07) is 15.3. The summed E-state index contributed by atoms with van der Waals surface area (Å²) in [5.41, 5.74) is 1.74. The predicted molar refractivity (Wildman–Crippen MR) is 117 cm³/mol. The Balaban J connectivity index is 1.36. The van der Waals surface area contributed by atoms with Gasteiger partial charge in [-0.05, 0) is 36.4 Å². The van der Waals surface area contributed by atoms with Crippen molar-refractivity contribution in [1.29, 1.82) is 0 Å². The van der Waals surface area contributed by atoms with Crippen LogP contribution < -0.4 is 15.2 Å². The molecule has 3 aromatic rings. The van der Waals surface area contributed by atoms with Crippen LogP contribution in [0.25, 0.3) is 10.9 Å². The summed E-state index contributed by atoms with van der Waals surface area (Å²) < 4.78 is 6.76. The molecule has 2 heterocycles. The lowest BCUT2D eigenvalue weighted by Crippen LogP contribution is -2.48. The maximum atomic E-state index is 12.7. The number of hydrogen-bond donors (Lipinski definition) is 0. The molecule has 1 aromatic heterocycles. The molecule has 0 atom stereocenters. The van der Waals surface area contributed by atoms with E-state index in [-0.39, 0.29) is 11.5 Å². The van der Waals surface area contributed by atoms with Crippen molar-refractivity contribution in [2.24, 2.45) is 7.05 Å². The third-order valence-electron chi connectivity index (χ3n) is 5.71. The number of anilines is 1. The molecule has 1 saturated heterocycles. The number of ether oxygens (including phenoxy) is 1. The number of carbonyl (C=O) groups excluding carboxylic acids is 1. The maximum absolute atomic E-state index is 12.7. The number of amides is 1. The number of carbonyl (C=O) groups is 1. The van der Waals surface area contributed by atoms with Gasteiger partial charge in [0.15, 0.2) is 0 Å². The number of nitrogens with zero attached hydrogens (tertiary/aromatic N) is 4. The summed E-state index contributed by atoms with van der Waals surface area (Å²) in [6.45, 7) is 2.97. The third-order valence-corrected chi connectivity index (χ3v) is 5.71. The molecular formula is C23H26N4O3. The zero-order valence-corrected chi connectivity index (χ0v) is 17.4. The van der Waals surface area contributed by atoms with Crippen molar-refractivity contribution >= 4 is 22.5 Å². The predicted octanol–water partition coefficient (Wildman–Crippen LogP) is 2.22. The molecule has 156 valence electrons. The number of aryl methyl sites for hydroxylation is 1. The second-order valence-electron chi connectivity index (χ2n) is 7.48. The fourth-order valence-corrected chi connectivity index (χ4v) is 3.87. The Bertz CT molecular complexity index is 1100. The van der Waals surface area contributed by atoms with E-state index in [9.17, 15) is 9.59 Å². The lowest BCUT2D eigenvalue weighted by molar-refractivity contribution is -0.131. The van der Waals surface area contributed by atoms with Gasteiger partial charge in [0, 0.05) is 51.8 Å². The van der Waals surface area contributed by atoms with Gasteiger partial charge < -0.3 is 14.5 Å². The van der Waals surface area contributed by atoms with E-state index in [1.54, 1.807) is 24.8 Å². The quantitative estimate of drug-likeness (QED) is 0.650. The van der Waals surface area contributed by atoms with Gasteiger partial charge in [-0.2, -0.15) is 0 Å².